The summed E-state index contributed by atoms with van der Waals surface area (Å²) < 4.78 is 3.53. The second-order valence-electron chi connectivity index (χ2n) is 4.13. The average molecular weight is 248 g/mol. The fourth-order valence-corrected chi connectivity index (χ4v) is 1.73. The first-order valence-corrected chi connectivity index (χ1v) is 5.61. The van der Waals surface area contributed by atoms with E-state index in [-0.39, 0.29) is 5.91 Å². The van der Waals surface area contributed by atoms with E-state index >= 15 is 0 Å². The molecule has 96 valence electrons. The summed E-state index contributed by atoms with van der Waals surface area (Å²) in [7, 11) is 3.66. The van der Waals surface area contributed by atoms with Gasteiger partial charge in [0.1, 0.15) is 17.8 Å². The van der Waals surface area contributed by atoms with Crippen LogP contribution < -0.4 is 11.1 Å². The molecule has 2 rings (SSSR count). The minimum Gasteiger partial charge on any atom is -0.397 e. The lowest BCUT2D eigenvalue weighted by Crippen LogP contribution is -2.27. The van der Waals surface area contributed by atoms with E-state index in [1.807, 2.05) is 11.6 Å². The highest BCUT2D eigenvalue weighted by Crippen LogP contribution is 2.08. The van der Waals surface area contributed by atoms with E-state index in [4.69, 9.17) is 5.73 Å². The van der Waals surface area contributed by atoms with Gasteiger partial charge in [0.15, 0.2) is 0 Å². The molecule has 0 saturated carbocycles. The van der Waals surface area contributed by atoms with Crippen LogP contribution in [0.15, 0.2) is 18.6 Å². The lowest BCUT2D eigenvalue weighted by molar-refractivity contribution is 0.0946. The van der Waals surface area contributed by atoms with Crippen LogP contribution in [0.2, 0.25) is 0 Å². The van der Waals surface area contributed by atoms with Crippen molar-refractivity contribution in [2.75, 3.05) is 12.3 Å². The first kappa shape index (κ1) is 12.2. The Labute approximate surface area is 105 Å². The number of nitrogen functional groups attached to an aromatic ring is 1. The zero-order valence-electron chi connectivity index (χ0n) is 10.4. The molecule has 3 N–H and O–H groups in total. The standard InChI is InChI=1S/C11H16N6O/c1-16-6-8(12)5-9(16)11(18)13-4-3-10-15-14-7-17(10)2/h5-7H,3-4,12H2,1-2H3,(H,13,18). The van der Waals surface area contributed by atoms with E-state index < -0.39 is 0 Å². The molecule has 2 heterocycles. The summed E-state index contributed by atoms with van der Waals surface area (Å²) in [4.78, 5) is 11.9. The zero-order chi connectivity index (χ0) is 13.1. The van der Waals surface area contributed by atoms with Crippen molar-refractivity contribution in [3.05, 3.63) is 30.1 Å². The Kier molecular flexibility index (Phi) is 3.31. The number of aryl methyl sites for hydroxylation is 2. The Bertz CT molecular complexity index is 556. The Morgan fingerprint density at radius 2 is 2.22 bits per heavy atom. The summed E-state index contributed by atoms with van der Waals surface area (Å²) in [5, 5.41) is 10.5. The molecule has 2 aromatic rings. The third-order valence-electron chi connectivity index (χ3n) is 2.70. The van der Waals surface area contributed by atoms with E-state index in [9.17, 15) is 4.79 Å². The van der Waals surface area contributed by atoms with Crippen molar-refractivity contribution in [1.82, 2.24) is 24.6 Å². The van der Waals surface area contributed by atoms with Crippen molar-refractivity contribution in [3.63, 3.8) is 0 Å². The minimum absolute atomic E-state index is 0.142. The summed E-state index contributed by atoms with van der Waals surface area (Å²) in [6.07, 6.45) is 3.98. The Hall–Kier alpha value is -2.31. The van der Waals surface area contributed by atoms with Gasteiger partial charge in [-0.2, -0.15) is 0 Å². The lowest BCUT2D eigenvalue weighted by atomic mass is 10.3. The molecule has 0 radical (unpaired) electrons. The van der Waals surface area contributed by atoms with E-state index in [0.717, 1.165) is 5.82 Å². The number of amides is 1. The molecule has 0 atom stereocenters. The van der Waals surface area contributed by atoms with E-state index in [0.29, 0.717) is 24.3 Å². The van der Waals surface area contributed by atoms with Gasteiger partial charge in [-0.1, -0.05) is 0 Å². The van der Waals surface area contributed by atoms with Crippen molar-refractivity contribution in [1.29, 1.82) is 0 Å². The third kappa shape index (κ3) is 2.50. The molecule has 0 bridgehead atoms. The fourth-order valence-electron chi connectivity index (χ4n) is 1.73. The van der Waals surface area contributed by atoms with Gasteiger partial charge in [0, 0.05) is 33.3 Å². The molecule has 0 aliphatic rings. The van der Waals surface area contributed by atoms with Crippen molar-refractivity contribution < 1.29 is 4.79 Å². The Morgan fingerprint density at radius 1 is 1.44 bits per heavy atom. The van der Waals surface area contributed by atoms with Gasteiger partial charge in [0.05, 0.1) is 5.69 Å². The van der Waals surface area contributed by atoms with Gasteiger partial charge < -0.3 is 20.2 Å². The summed E-state index contributed by atoms with van der Waals surface area (Å²) in [6.45, 7) is 0.510. The number of carbonyl (C=O) groups is 1. The number of anilines is 1. The van der Waals surface area contributed by atoms with E-state index in [1.54, 1.807) is 30.2 Å². The number of carbonyl (C=O) groups excluding carboxylic acids is 1. The highest BCUT2D eigenvalue weighted by atomic mass is 16.1. The highest BCUT2D eigenvalue weighted by molar-refractivity contribution is 5.93. The Balaban J connectivity index is 1.89. The van der Waals surface area contributed by atoms with Gasteiger partial charge in [-0.25, -0.2) is 0 Å². The predicted octanol–water partition coefficient (Wildman–Crippen LogP) is -0.292. The first-order valence-electron chi connectivity index (χ1n) is 5.61. The minimum atomic E-state index is -0.142. The summed E-state index contributed by atoms with van der Waals surface area (Å²) in [5.74, 6) is 0.693. The van der Waals surface area contributed by atoms with Crippen molar-refractivity contribution in [3.8, 4) is 0 Å². The number of rotatable bonds is 4. The predicted molar refractivity (Wildman–Crippen MR) is 66.9 cm³/mol. The number of nitrogens with two attached hydrogens (primary N) is 1. The fraction of sp³-hybridized carbons (Fsp3) is 0.364. The SMILES string of the molecule is Cn1cc(N)cc1C(=O)NCCc1nncn1C. The van der Waals surface area contributed by atoms with Crippen LogP contribution in [0, 0.1) is 0 Å². The summed E-state index contributed by atoms with van der Waals surface area (Å²) in [5.41, 5.74) is 6.75. The van der Waals surface area contributed by atoms with Gasteiger partial charge in [-0.05, 0) is 6.07 Å². The van der Waals surface area contributed by atoms with Crippen molar-refractivity contribution >= 4 is 11.6 Å². The van der Waals surface area contributed by atoms with Crippen LogP contribution in [0.1, 0.15) is 16.3 Å². The van der Waals surface area contributed by atoms with Gasteiger partial charge in [0.25, 0.3) is 5.91 Å². The normalized spacial score (nSPS) is 10.6. The van der Waals surface area contributed by atoms with Crippen LogP contribution in [0.3, 0.4) is 0 Å². The molecule has 18 heavy (non-hydrogen) atoms. The zero-order valence-corrected chi connectivity index (χ0v) is 10.4. The molecular formula is C11H16N6O. The average Bonchev–Trinajstić information content (AvgIpc) is 2.85. The van der Waals surface area contributed by atoms with Crippen LogP contribution in [0.25, 0.3) is 0 Å². The van der Waals surface area contributed by atoms with Crippen LogP contribution in [-0.4, -0.2) is 31.8 Å². The maximum atomic E-state index is 11.9. The lowest BCUT2D eigenvalue weighted by Gasteiger charge is -2.05. The molecule has 2 aromatic heterocycles. The molecule has 0 unspecified atom stereocenters. The molecule has 0 spiro atoms. The number of nitrogens with zero attached hydrogens (tertiary/aromatic N) is 4. The van der Waals surface area contributed by atoms with Gasteiger partial charge in [0.2, 0.25) is 0 Å². The molecule has 7 heteroatoms. The van der Waals surface area contributed by atoms with Crippen LogP contribution in [0.4, 0.5) is 5.69 Å². The molecule has 1 amide bonds. The van der Waals surface area contributed by atoms with Gasteiger partial charge >= 0.3 is 0 Å². The smallest absolute Gasteiger partial charge is 0.267 e. The Morgan fingerprint density at radius 3 is 2.78 bits per heavy atom. The van der Waals surface area contributed by atoms with E-state index in [1.165, 1.54) is 0 Å². The number of aromatic nitrogens is 4. The number of hydrogen-bond acceptors (Lipinski definition) is 4. The molecule has 7 nitrogen and oxygen atoms in total. The second kappa shape index (κ2) is 4.91. The maximum Gasteiger partial charge on any atom is 0.267 e. The van der Waals surface area contributed by atoms with Gasteiger partial charge in [-0.3, -0.25) is 4.79 Å². The quantitative estimate of drug-likeness (QED) is 0.777. The molecule has 0 saturated heterocycles. The van der Waals surface area contributed by atoms with Crippen molar-refractivity contribution in [2.24, 2.45) is 14.1 Å². The second-order valence-corrected chi connectivity index (χ2v) is 4.13. The van der Waals surface area contributed by atoms with Crippen LogP contribution in [0.5, 0.6) is 0 Å². The highest BCUT2D eigenvalue weighted by Gasteiger charge is 2.10. The maximum absolute atomic E-state index is 11.9. The monoisotopic (exact) mass is 248 g/mol. The molecule has 0 fully saturated rings. The summed E-state index contributed by atoms with van der Waals surface area (Å²) >= 11 is 0. The molecule has 0 aliphatic carbocycles. The number of hydrogen-bond donors (Lipinski definition) is 2. The van der Waals surface area contributed by atoms with Gasteiger partial charge in [-0.15, -0.1) is 10.2 Å². The topological polar surface area (TPSA) is 90.8 Å². The van der Waals surface area contributed by atoms with Crippen LogP contribution >= 0.6 is 0 Å². The molecule has 0 aliphatic heterocycles. The largest absolute Gasteiger partial charge is 0.397 e. The van der Waals surface area contributed by atoms with Crippen LogP contribution in [-0.2, 0) is 20.5 Å². The third-order valence-corrected chi connectivity index (χ3v) is 2.70. The summed E-state index contributed by atoms with van der Waals surface area (Å²) in [6, 6.07) is 1.65. The molecular weight excluding hydrogens is 232 g/mol. The molecule has 0 aromatic carbocycles. The van der Waals surface area contributed by atoms with Crippen molar-refractivity contribution in [2.45, 2.75) is 6.42 Å². The first-order chi connectivity index (χ1) is 8.58. The van der Waals surface area contributed by atoms with E-state index in [2.05, 4.69) is 15.5 Å². The number of nitrogens with one attached hydrogen (secondary N) is 1.